The summed E-state index contributed by atoms with van der Waals surface area (Å²) < 4.78 is 12.2. The van der Waals surface area contributed by atoms with Crippen molar-refractivity contribution in [2.24, 2.45) is 9.98 Å². The summed E-state index contributed by atoms with van der Waals surface area (Å²) >= 11 is 0. The Kier molecular flexibility index (Phi) is 15.2. The topological polar surface area (TPSA) is 83.6 Å². The van der Waals surface area contributed by atoms with Gasteiger partial charge in [0.15, 0.2) is 0 Å². The van der Waals surface area contributed by atoms with Crippen LogP contribution in [0.3, 0.4) is 0 Å². The maximum Gasteiger partial charge on any atom is 0.128 e. The van der Waals surface area contributed by atoms with Gasteiger partial charge in [0.25, 0.3) is 0 Å². The Labute approximate surface area is 316 Å². The molecule has 0 heterocycles. The van der Waals surface area contributed by atoms with Gasteiger partial charge in [-0.2, -0.15) is 0 Å². The SMILES string of the molecule is CC(C)Oc1cc(C=NC(c2ccccc2)C(N=Cc2cc(OC(C)C)cc(C(C)(C)C)c2O)c2ccccc2)c(O)c(C(C)(C)C)c1.[Cl-].[Mn]. The first-order valence-corrected chi connectivity index (χ1v) is 16.8. The monoisotopic (exact) mass is 738 g/mol. The number of hydrogen-bond acceptors (Lipinski definition) is 6. The quantitative estimate of drug-likeness (QED) is 0.125. The van der Waals surface area contributed by atoms with Crippen molar-refractivity contribution in [1.29, 1.82) is 0 Å². The first-order chi connectivity index (χ1) is 22.5. The number of phenolic OH excluding ortho intramolecular Hbond substituents is 2. The molecule has 4 aromatic rings. The van der Waals surface area contributed by atoms with Crippen LogP contribution in [0.25, 0.3) is 0 Å². The first-order valence-electron chi connectivity index (χ1n) is 16.8. The molecule has 0 bridgehead atoms. The Morgan fingerprint density at radius 3 is 1.16 bits per heavy atom. The number of benzene rings is 4. The first kappa shape index (κ1) is 42.4. The zero-order valence-electron chi connectivity index (χ0n) is 30.9. The summed E-state index contributed by atoms with van der Waals surface area (Å²) in [5.74, 6) is 1.71. The fourth-order valence-electron chi connectivity index (χ4n) is 5.60. The summed E-state index contributed by atoms with van der Waals surface area (Å²) in [5.41, 5.74) is 3.99. The molecule has 2 unspecified atom stereocenters. The van der Waals surface area contributed by atoms with E-state index in [2.05, 4.69) is 41.5 Å². The number of rotatable bonds is 11. The molecule has 0 aliphatic rings. The molecule has 0 fully saturated rings. The van der Waals surface area contributed by atoms with Crippen molar-refractivity contribution in [2.75, 3.05) is 0 Å². The van der Waals surface area contributed by atoms with Crippen molar-refractivity contribution in [3.63, 3.8) is 0 Å². The van der Waals surface area contributed by atoms with E-state index in [9.17, 15) is 10.2 Å². The summed E-state index contributed by atoms with van der Waals surface area (Å²) in [6.07, 6.45) is 3.40. The molecule has 0 saturated heterocycles. The molecular formula is C42H52ClMnN2O4-. The molecule has 50 heavy (non-hydrogen) atoms. The van der Waals surface area contributed by atoms with Crippen LogP contribution in [0.2, 0.25) is 0 Å². The molecule has 0 aliphatic heterocycles. The fourth-order valence-corrected chi connectivity index (χ4v) is 5.60. The normalized spacial score (nSPS) is 13.3. The summed E-state index contributed by atoms with van der Waals surface area (Å²) in [7, 11) is 0. The van der Waals surface area contributed by atoms with E-state index in [1.807, 2.05) is 113 Å². The number of halogens is 1. The maximum absolute atomic E-state index is 11.5. The van der Waals surface area contributed by atoms with Gasteiger partial charge < -0.3 is 32.1 Å². The molecule has 4 rings (SSSR count). The van der Waals surface area contributed by atoms with Crippen LogP contribution in [-0.4, -0.2) is 34.9 Å². The largest absolute Gasteiger partial charge is 1.00 e. The van der Waals surface area contributed by atoms with Crippen LogP contribution in [0.1, 0.15) is 115 Å². The third-order valence-electron chi connectivity index (χ3n) is 7.92. The van der Waals surface area contributed by atoms with Gasteiger partial charge in [-0.15, -0.1) is 0 Å². The van der Waals surface area contributed by atoms with Crippen molar-refractivity contribution in [1.82, 2.24) is 0 Å². The summed E-state index contributed by atoms with van der Waals surface area (Å²) in [5, 5.41) is 22.9. The van der Waals surface area contributed by atoms with Crippen LogP contribution in [0.4, 0.5) is 0 Å². The Morgan fingerprint density at radius 1 is 0.560 bits per heavy atom. The van der Waals surface area contributed by atoms with Crippen molar-refractivity contribution < 1.29 is 49.2 Å². The number of nitrogens with zero attached hydrogens (tertiary/aromatic N) is 2. The van der Waals surface area contributed by atoms with E-state index in [0.717, 1.165) is 22.3 Å². The second-order valence-corrected chi connectivity index (χ2v) is 14.9. The second-order valence-electron chi connectivity index (χ2n) is 14.9. The van der Waals surface area contributed by atoms with Crippen LogP contribution in [0.5, 0.6) is 23.0 Å². The number of aliphatic imine (C=N–C) groups is 2. The van der Waals surface area contributed by atoms with Gasteiger partial charge in [-0.05, 0) is 73.9 Å². The molecule has 8 heteroatoms. The molecule has 2 atom stereocenters. The van der Waals surface area contributed by atoms with Gasteiger partial charge >= 0.3 is 0 Å². The van der Waals surface area contributed by atoms with Crippen molar-refractivity contribution >= 4 is 12.4 Å². The number of ether oxygens (including phenoxy) is 2. The standard InChI is InChI=1S/C42H52N2O4.ClH.Mn/c1-27(2)47-33-21-31(39(45)35(23-33)41(5,6)7)25-43-37(29-17-13-11-14-18-29)38(30-19-15-12-16-20-30)44-26-32-22-34(48-28(3)4)24-36(40(32)46)42(8,9)10;;/h11-28,37-38,45-46H,1-10H3;1H;/p-1. The third-order valence-corrected chi connectivity index (χ3v) is 7.92. The molecule has 1 radical (unpaired) electrons. The van der Waals surface area contributed by atoms with Crippen molar-refractivity contribution in [3.05, 3.63) is 118 Å². The van der Waals surface area contributed by atoms with Gasteiger partial charge in [0.1, 0.15) is 35.1 Å². The molecule has 0 spiro atoms. The van der Waals surface area contributed by atoms with Crippen LogP contribution < -0.4 is 21.9 Å². The minimum absolute atomic E-state index is 0. The van der Waals surface area contributed by atoms with Gasteiger partial charge in [0, 0.05) is 51.8 Å². The van der Waals surface area contributed by atoms with E-state index in [1.165, 1.54) is 0 Å². The van der Waals surface area contributed by atoms with Crippen LogP contribution in [-0.2, 0) is 27.9 Å². The van der Waals surface area contributed by atoms with E-state index in [-0.39, 0.29) is 64.0 Å². The third kappa shape index (κ3) is 11.1. The minimum atomic E-state index is -0.462. The molecular weight excluding hydrogens is 687 g/mol. The molecule has 0 aliphatic carbocycles. The van der Waals surface area contributed by atoms with Gasteiger partial charge in [-0.1, -0.05) is 102 Å². The zero-order chi connectivity index (χ0) is 35.2. The van der Waals surface area contributed by atoms with Gasteiger partial charge in [-0.3, -0.25) is 9.98 Å². The number of hydrogen-bond donors (Lipinski definition) is 2. The summed E-state index contributed by atoms with van der Waals surface area (Å²) in [6.45, 7) is 20.3. The Bertz CT molecular complexity index is 1600. The molecule has 4 aromatic carbocycles. The second kappa shape index (κ2) is 17.9. The van der Waals surface area contributed by atoms with E-state index in [0.29, 0.717) is 22.6 Å². The van der Waals surface area contributed by atoms with Crippen LogP contribution >= 0.6 is 0 Å². The Balaban J connectivity index is 0.00000433. The molecule has 0 amide bonds. The van der Waals surface area contributed by atoms with Crippen molar-refractivity contribution in [3.8, 4) is 23.0 Å². The van der Waals surface area contributed by atoms with E-state index >= 15 is 0 Å². The van der Waals surface area contributed by atoms with Crippen LogP contribution in [0, 0.1) is 0 Å². The average Bonchev–Trinajstić information content (AvgIpc) is 3.00. The Morgan fingerprint density at radius 2 is 0.880 bits per heavy atom. The van der Waals surface area contributed by atoms with Gasteiger partial charge in [-0.25, -0.2) is 0 Å². The fraction of sp³-hybridized carbons (Fsp3) is 0.381. The van der Waals surface area contributed by atoms with E-state index < -0.39 is 12.1 Å². The van der Waals surface area contributed by atoms with Gasteiger partial charge in [0.05, 0.1) is 12.2 Å². The average molecular weight is 739 g/mol. The molecule has 0 aromatic heterocycles. The molecule has 2 N–H and O–H groups in total. The number of phenols is 2. The predicted octanol–water partition coefficient (Wildman–Crippen LogP) is 7.29. The van der Waals surface area contributed by atoms with Crippen LogP contribution in [0.15, 0.2) is 94.9 Å². The molecule has 269 valence electrons. The Hall–Kier alpha value is -3.77. The van der Waals surface area contributed by atoms with E-state index in [4.69, 9.17) is 19.5 Å². The zero-order valence-corrected chi connectivity index (χ0v) is 32.8. The van der Waals surface area contributed by atoms with Gasteiger partial charge in [0.2, 0.25) is 0 Å². The molecule has 6 nitrogen and oxygen atoms in total. The summed E-state index contributed by atoms with van der Waals surface area (Å²) in [6, 6.07) is 26.6. The van der Waals surface area contributed by atoms with Crippen molar-refractivity contribution in [2.45, 2.75) is 104 Å². The van der Waals surface area contributed by atoms with E-state index in [1.54, 1.807) is 12.4 Å². The minimum Gasteiger partial charge on any atom is -1.00 e. The predicted molar refractivity (Wildman–Crippen MR) is 199 cm³/mol. The number of aromatic hydroxyl groups is 2. The smallest absolute Gasteiger partial charge is 0.128 e. The molecule has 0 saturated carbocycles. The summed E-state index contributed by atoms with van der Waals surface area (Å²) in [4.78, 5) is 10.3. The maximum atomic E-state index is 11.5.